The second-order valence-corrected chi connectivity index (χ2v) is 11.0. The molecule has 224 valence electrons. The van der Waals surface area contributed by atoms with E-state index in [0.29, 0.717) is 22.3 Å². The smallest absolute Gasteiger partial charge is 0.356 e. The minimum absolute atomic E-state index is 0.107. The van der Waals surface area contributed by atoms with E-state index in [2.05, 4.69) is 4.99 Å². The minimum Gasteiger partial charge on any atom is -0.461 e. The average Bonchev–Trinajstić information content (AvgIpc) is 3.03. The van der Waals surface area contributed by atoms with Gasteiger partial charge in [-0.15, -0.1) is 11.8 Å². The fourth-order valence-corrected chi connectivity index (χ4v) is 6.35. The number of nitro benzene ring substituents is 1. The third-order valence-corrected chi connectivity index (χ3v) is 8.48. The molecule has 0 radical (unpaired) electrons. The Hall–Kier alpha value is -5.30. The van der Waals surface area contributed by atoms with Gasteiger partial charge in [0, 0.05) is 36.6 Å². The number of esters is 2. The number of benzene rings is 3. The number of thioether (sulfide) groups is 1. The fraction of sp³-hybridized carbons (Fsp3) is 0.194. The Morgan fingerprint density at radius 1 is 1.07 bits per heavy atom. The van der Waals surface area contributed by atoms with E-state index < -0.39 is 45.7 Å². The largest absolute Gasteiger partial charge is 0.461 e. The molecule has 2 aliphatic rings. The zero-order chi connectivity index (χ0) is 31.4. The van der Waals surface area contributed by atoms with E-state index in [9.17, 15) is 29.3 Å². The van der Waals surface area contributed by atoms with Crippen LogP contribution in [0, 0.1) is 10.1 Å². The van der Waals surface area contributed by atoms with Crippen molar-refractivity contribution in [3.05, 3.63) is 123 Å². The number of fused-ring (bicyclic) bond motifs is 1. The van der Waals surface area contributed by atoms with E-state index in [1.807, 2.05) is 12.1 Å². The number of primary amides is 1. The molecule has 1 unspecified atom stereocenters. The van der Waals surface area contributed by atoms with Gasteiger partial charge in [-0.25, -0.2) is 4.79 Å². The molecule has 0 aromatic heterocycles. The summed E-state index contributed by atoms with van der Waals surface area (Å²) in [4.78, 5) is 68.0. The Kier molecular flexibility index (Phi) is 8.58. The van der Waals surface area contributed by atoms with Crippen molar-refractivity contribution in [2.45, 2.75) is 23.9 Å². The predicted octanol–water partition coefficient (Wildman–Crippen LogP) is 3.30. The molecule has 5 rings (SSSR count). The Morgan fingerprint density at radius 3 is 2.18 bits per heavy atom. The van der Waals surface area contributed by atoms with Gasteiger partial charge in [-0.3, -0.25) is 34.4 Å². The van der Waals surface area contributed by atoms with Crippen molar-refractivity contribution in [3.8, 4) is 0 Å². The van der Waals surface area contributed by atoms with Gasteiger partial charge in [0.2, 0.25) is 5.54 Å². The van der Waals surface area contributed by atoms with Crippen molar-refractivity contribution >= 4 is 47.4 Å². The van der Waals surface area contributed by atoms with Crippen LogP contribution in [-0.2, 0) is 28.7 Å². The molecule has 12 nitrogen and oxygen atoms in total. The third-order valence-electron chi connectivity index (χ3n) is 7.10. The first-order valence-corrected chi connectivity index (χ1v) is 14.4. The number of amides is 2. The molecular formula is C31H26N4O8S. The number of carbonyl (C=O) groups is 4. The summed E-state index contributed by atoms with van der Waals surface area (Å²) in [7, 11) is 0. The molecule has 44 heavy (non-hydrogen) atoms. The summed E-state index contributed by atoms with van der Waals surface area (Å²) in [5.74, 6) is -3.23. The van der Waals surface area contributed by atoms with E-state index >= 15 is 0 Å². The first-order valence-electron chi connectivity index (χ1n) is 13.3. The van der Waals surface area contributed by atoms with Crippen LogP contribution < -0.4 is 5.73 Å². The Bertz CT molecular complexity index is 1640. The second-order valence-electron chi connectivity index (χ2n) is 9.92. The summed E-state index contributed by atoms with van der Waals surface area (Å²) in [6, 6.07) is 23.5. The van der Waals surface area contributed by atoms with Crippen molar-refractivity contribution in [1.82, 2.24) is 4.90 Å². The number of hydrogen-bond donors (Lipinski definition) is 1. The van der Waals surface area contributed by atoms with Crippen LogP contribution in [0.4, 0.5) is 5.69 Å². The number of ether oxygens (including phenoxy) is 2. The lowest BCUT2D eigenvalue weighted by molar-refractivity contribution is -0.384. The van der Waals surface area contributed by atoms with Crippen LogP contribution in [0.1, 0.15) is 29.7 Å². The van der Waals surface area contributed by atoms with Gasteiger partial charge < -0.3 is 15.2 Å². The lowest BCUT2D eigenvalue weighted by Crippen LogP contribution is -2.77. The number of carbonyl (C=O) groups excluding carboxylic acids is 4. The topological polar surface area (TPSA) is 172 Å². The first kappa shape index (κ1) is 30.2. The quantitative estimate of drug-likeness (QED) is 0.0898. The highest BCUT2D eigenvalue weighted by atomic mass is 32.2. The molecule has 2 N–H and O–H groups in total. The standard InChI is InChI=1S/C31H26N4O8S/c1-19(36)42-17-23-18-44-30-31(28(32)38,33-16-20-12-14-24(15-13-20)35(40)41)29(39)34(30)25(23)27(37)43-26(21-8-4-2-5-9-21)22-10-6-3-7-11-22/h2-16,26,30H,17-18H2,1H3,(H2,32,38)/t30-,31?/m1/s1. The van der Waals surface area contributed by atoms with Gasteiger partial charge in [-0.05, 0) is 28.8 Å². The van der Waals surface area contributed by atoms with Crippen LogP contribution in [-0.4, -0.2) is 63.1 Å². The normalized spacial score (nSPS) is 19.4. The van der Waals surface area contributed by atoms with Gasteiger partial charge in [0.15, 0.2) is 6.10 Å². The third kappa shape index (κ3) is 5.69. The van der Waals surface area contributed by atoms with E-state index in [4.69, 9.17) is 15.2 Å². The average molecular weight is 615 g/mol. The number of hydrogen-bond acceptors (Lipinski definition) is 10. The van der Waals surface area contributed by atoms with Gasteiger partial charge in [-0.2, -0.15) is 0 Å². The molecule has 3 aromatic carbocycles. The van der Waals surface area contributed by atoms with Gasteiger partial charge in [0.1, 0.15) is 17.7 Å². The van der Waals surface area contributed by atoms with Gasteiger partial charge >= 0.3 is 11.9 Å². The number of non-ortho nitro benzene ring substituents is 1. The zero-order valence-corrected chi connectivity index (χ0v) is 24.1. The van der Waals surface area contributed by atoms with Crippen LogP contribution in [0.5, 0.6) is 0 Å². The number of nitro groups is 1. The molecular weight excluding hydrogens is 588 g/mol. The van der Waals surface area contributed by atoms with Crippen molar-refractivity contribution in [3.63, 3.8) is 0 Å². The van der Waals surface area contributed by atoms with Crippen LogP contribution in [0.15, 0.2) is 101 Å². The van der Waals surface area contributed by atoms with Crippen molar-refractivity contribution in [2.75, 3.05) is 12.4 Å². The Morgan fingerprint density at radius 2 is 1.66 bits per heavy atom. The summed E-state index contributed by atoms with van der Waals surface area (Å²) in [5, 5.41) is 9.98. The van der Waals surface area contributed by atoms with E-state index in [-0.39, 0.29) is 23.7 Å². The summed E-state index contributed by atoms with van der Waals surface area (Å²) in [5.41, 5.74) is 5.47. The van der Waals surface area contributed by atoms with Crippen LogP contribution in [0.3, 0.4) is 0 Å². The molecule has 2 heterocycles. The molecule has 1 fully saturated rings. The fourth-order valence-electron chi connectivity index (χ4n) is 4.91. The molecule has 3 aromatic rings. The number of β-lactam (4-membered cyclic amide) rings is 1. The molecule has 2 amide bonds. The second kappa shape index (κ2) is 12.5. The molecule has 0 spiro atoms. The maximum absolute atomic E-state index is 14.0. The van der Waals surface area contributed by atoms with Crippen LogP contribution in [0.25, 0.3) is 0 Å². The van der Waals surface area contributed by atoms with Gasteiger partial charge in [-0.1, -0.05) is 60.7 Å². The molecule has 1 saturated heterocycles. The molecule has 2 atom stereocenters. The number of aliphatic imine (C=N–C) groups is 1. The van der Waals surface area contributed by atoms with Gasteiger partial charge in [0.05, 0.1) is 4.92 Å². The Labute approximate surface area is 255 Å². The van der Waals surface area contributed by atoms with Crippen molar-refractivity contribution in [2.24, 2.45) is 10.7 Å². The summed E-state index contributed by atoms with van der Waals surface area (Å²) < 4.78 is 11.2. The monoisotopic (exact) mass is 614 g/mol. The van der Waals surface area contributed by atoms with Crippen molar-refractivity contribution < 1.29 is 33.6 Å². The van der Waals surface area contributed by atoms with Crippen LogP contribution in [0.2, 0.25) is 0 Å². The van der Waals surface area contributed by atoms with E-state index in [0.717, 1.165) is 16.7 Å². The van der Waals surface area contributed by atoms with Crippen LogP contribution >= 0.6 is 11.8 Å². The summed E-state index contributed by atoms with van der Waals surface area (Å²) in [6.07, 6.45) is 0.402. The lowest BCUT2D eigenvalue weighted by atomic mass is 9.86. The lowest BCUT2D eigenvalue weighted by Gasteiger charge is -2.53. The molecule has 0 bridgehead atoms. The van der Waals surface area contributed by atoms with Gasteiger partial charge in [0.25, 0.3) is 17.5 Å². The number of nitrogens with two attached hydrogens (primary N) is 1. The SMILES string of the molecule is CC(=O)OCC1=C(C(=O)OC(c2ccccc2)c2ccccc2)N2C(=O)C(N=Cc3ccc([N+](=O)[O-])cc3)(C(N)=O)[C@H]2SC1. The molecule has 2 aliphatic heterocycles. The van der Waals surface area contributed by atoms with E-state index in [1.54, 1.807) is 48.5 Å². The highest BCUT2D eigenvalue weighted by Gasteiger charge is 2.68. The van der Waals surface area contributed by atoms with Crippen molar-refractivity contribution in [1.29, 1.82) is 0 Å². The zero-order valence-electron chi connectivity index (χ0n) is 23.3. The summed E-state index contributed by atoms with van der Waals surface area (Å²) in [6.45, 7) is 0.943. The maximum atomic E-state index is 14.0. The predicted molar refractivity (Wildman–Crippen MR) is 160 cm³/mol. The first-order chi connectivity index (χ1) is 21.1. The minimum atomic E-state index is -2.05. The number of rotatable bonds is 10. The molecule has 13 heteroatoms. The number of nitrogens with zero attached hydrogens (tertiary/aromatic N) is 3. The summed E-state index contributed by atoms with van der Waals surface area (Å²) >= 11 is 1.13. The molecule has 0 aliphatic carbocycles. The highest BCUT2D eigenvalue weighted by molar-refractivity contribution is 8.00. The Balaban J connectivity index is 1.50. The maximum Gasteiger partial charge on any atom is 0.356 e. The highest BCUT2D eigenvalue weighted by Crippen LogP contribution is 2.49. The molecule has 0 saturated carbocycles. The van der Waals surface area contributed by atoms with E-state index in [1.165, 1.54) is 37.4 Å².